The summed E-state index contributed by atoms with van der Waals surface area (Å²) in [4.78, 5) is 7.83. The highest BCUT2D eigenvalue weighted by Crippen LogP contribution is 2.09. The molecule has 0 aliphatic heterocycles. The van der Waals surface area contributed by atoms with Crippen molar-refractivity contribution in [3.05, 3.63) is 17.5 Å². The fourth-order valence-corrected chi connectivity index (χ4v) is 1.07. The first-order valence-electron chi connectivity index (χ1n) is 4.40. The summed E-state index contributed by atoms with van der Waals surface area (Å²) in [6.45, 7) is 5.30. The van der Waals surface area contributed by atoms with Crippen LogP contribution in [0.25, 0.3) is 0 Å². The molecule has 0 fully saturated rings. The Labute approximate surface area is 83.5 Å². The molecule has 0 aromatic carbocycles. The molecule has 0 amide bonds. The maximum atomic E-state index is 5.70. The van der Waals surface area contributed by atoms with E-state index in [0.717, 1.165) is 18.8 Å². The molecular formula is C9H14ClN3. The predicted molar refractivity (Wildman–Crippen MR) is 55.0 cm³/mol. The Morgan fingerprint density at radius 2 is 2.23 bits per heavy atom. The number of nitrogens with zero attached hydrogens (tertiary/aromatic N) is 2. The van der Waals surface area contributed by atoms with E-state index in [9.17, 15) is 0 Å². The fourth-order valence-electron chi connectivity index (χ4n) is 0.919. The van der Waals surface area contributed by atoms with Crippen LogP contribution < -0.4 is 5.32 Å². The number of hydrogen-bond donors (Lipinski definition) is 1. The molecule has 0 saturated heterocycles. The second-order valence-electron chi connectivity index (χ2n) is 3.34. The molecule has 1 heterocycles. The van der Waals surface area contributed by atoms with Gasteiger partial charge in [-0.1, -0.05) is 25.4 Å². The molecule has 0 aliphatic carbocycles. The van der Waals surface area contributed by atoms with Gasteiger partial charge in [0.15, 0.2) is 0 Å². The molecule has 13 heavy (non-hydrogen) atoms. The molecule has 0 bridgehead atoms. The van der Waals surface area contributed by atoms with Gasteiger partial charge in [0.2, 0.25) is 0 Å². The van der Waals surface area contributed by atoms with Crippen molar-refractivity contribution in [2.45, 2.75) is 20.3 Å². The van der Waals surface area contributed by atoms with Crippen LogP contribution in [-0.2, 0) is 0 Å². The molecule has 0 spiro atoms. The van der Waals surface area contributed by atoms with Crippen LogP contribution in [0.3, 0.4) is 0 Å². The summed E-state index contributed by atoms with van der Waals surface area (Å²) in [5.41, 5.74) is 0. The van der Waals surface area contributed by atoms with Gasteiger partial charge in [-0.3, -0.25) is 0 Å². The monoisotopic (exact) mass is 199 g/mol. The minimum Gasteiger partial charge on any atom is -0.370 e. The van der Waals surface area contributed by atoms with Crippen LogP contribution in [0.2, 0.25) is 5.15 Å². The summed E-state index contributed by atoms with van der Waals surface area (Å²) in [5, 5.41) is 3.66. The second kappa shape index (κ2) is 5.02. The fraction of sp³-hybridized carbons (Fsp3) is 0.556. The topological polar surface area (TPSA) is 37.8 Å². The van der Waals surface area contributed by atoms with Crippen molar-refractivity contribution in [1.29, 1.82) is 0 Å². The Morgan fingerprint density at radius 3 is 2.85 bits per heavy atom. The quantitative estimate of drug-likeness (QED) is 0.758. The third kappa shape index (κ3) is 4.08. The minimum absolute atomic E-state index is 0.474. The molecule has 0 saturated carbocycles. The summed E-state index contributed by atoms with van der Waals surface area (Å²) in [6.07, 6.45) is 2.58. The Balaban J connectivity index is 2.37. The zero-order chi connectivity index (χ0) is 9.68. The van der Waals surface area contributed by atoms with Crippen molar-refractivity contribution < 1.29 is 0 Å². The molecule has 1 aromatic heterocycles. The van der Waals surface area contributed by atoms with Gasteiger partial charge in [-0.25, -0.2) is 9.97 Å². The zero-order valence-corrected chi connectivity index (χ0v) is 8.67. The van der Waals surface area contributed by atoms with Gasteiger partial charge in [-0.05, 0) is 12.3 Å². The smallest absolute Gasteiger partial charge is 0.134 e. The van der Waals surface area contributed by atoms with E-state index in [2.05, 4.69) is 29.1 Å². The van der Waals surface area contributed by atoms with Gasteiger partial charge < -0.3 is 5.32 Å². The standard InChI is InChI=1S/C9H14ClN3/c1-7(2)3-4-11-9-5-8(10)12-6-13-9/h5-7H,3-4H2,1-2H3,(H,11,12,13). The Morgan fingerprint density at radius 1 is 1.46 bits per heavy atom. The molecule has 0 unspecified atom stereocenters. The first-order chi connectivity index (χ1) is 6.18. The van der Waals surface area contributed by atoms with Gasteiger partial charge in [-0.2, -0.15) is 0 Å². The number of halogens is 1. The SMILES string of the molecule is CC(C)CCNc1cc(Cl)ncn1. The van der Waals surface area contributed by atoms with Crippen molar-refractivity contribution in [1.82, 2.24) is 9.97 Å². The van der Waals surface area contributed by atoms with E-state index in [-0.39, 0.29) is 0 Å². The molecule has 0 atom stereocenters. The van der Waals surface area contributed by atoms with E-state index < -0.39 is 0 Å². The van der Waals surface area contributed by atoms with Crippen LogP contribution in [-0.4, -0.2) is 16.5 Å². The first kappa shape index (κ1) is 10.3. The van der Waals surface area contributed by atoms with Gasteiger partial charge in [0.25, 0.3) is 0 Å². The maximum absolute atomic E-state index is 5.70. The van der Waals surface area contributed by atoms with Gasteiger partial charge in [0.1, 0.15) is 17.3 Å². The molecule has 3 nitrogen and oxygen atoms in total. The minimum atomic E-state index is 0.474. The largest absolute Gasteiger partial charge is 0.370 e. The predicted octanol–water partition coefficient (Wildman–Crippen LogP) is 2.59. The summed E-state index contributed by atoms with van der Waals surface area (Å²) in [6, 6.07) is 1.72. The van der Waals surface area contributed by atoms with Crippen LogP contribution in [0.5, 0.6) is 0 Å². The van der Waals surface area contributed by atoms with E-state index in [1.165, 1.54) is 6.33 Å². The zero-order valence-electron chi connectivity index (χ0n) is 7.92. The molecule has 4 heteroatoms. The lowest BCUT2D eigenvalue weighted by Crippen LogP contribution is -2.06. The molecule has 1 rings (SSSR count). The van der Waals surface area contributed by atoms with Crippen molar-refractivity contribution in [2.24, 2.45) is 5.92 Å². The molecule has 1 aromatic rings. The molecule has 0 radical (unpaired) electrons. The molecule has 0 aliphatic rings. The average molecular weight is 200 g/mol. The van der Waals surface area contributed by atoms with Crippen LogP contribution in [0.4, 0.5) is 5.82 Å². The lowest BCUT2D eigenvalue weighted by atomic mass is 10.1. The van der Waals surface area contributed by atoms with Gasteiger partial charge in [0.05, 0.1) is 0 Å². The molecule has 72 valence electrons. The van der Waals surface area contributed by atoms with Gasteiger partial charge >= 0.3 is 0 Å². The number of anilines is 1. The maximum Gasteiger partial charge on any atom is 0.134 e. The summed E-state index contributed by atoms with van der Waals surface area (Å²) in [5.74, 6) is 1.49. The number of nitrogens with one attached hydrogen (secondary N) is 1. The first-order valence-corrected chi connectivity index (χ1v) is 4.77. The third-order valence-corrected chi connectivity index (χ3v) is 1.87. The highest BCUT2D eigenvalue weighted by atomic mass is 35.5. The van der Waals surface area contributed by atoms with Crippen molar-refractivity contribution in [2.75, 3.05) is 11.9 Å². The summed E-state index contributed by atoms with van der Waals surface area (Å²) < 4.78 is 0. The lowest BCUT2D eigenvalue weighted by Gasteiger charge is -2.06. The normalized spacial score (nSPS) is 10.5. The van der Waals surface area contributed by atoms with Gasteiger partial charge in [0, 0.05) is 12.6 Å². The van der Waals surface area contributed by atoms with Crippen LogP contribution in [0.1, 0.15) is 20.3 Å². The average Bonchev–Trinajstić information content (AvgIpc) is 2.03. The van der Waals surface area contributed by atoms with E-state index in [4.69, 9.17) is 11.6 Å². The van der Waals surface area contributed by atoms with E-state index in [0.29, 0.717) is 11.1 Å². The summed E-state index contributed by atoms with van der Waals surface area (Å²) in [7, 11) is 0. The van der Waals surface area contributed by atoms with Crippen molar-refractivity contribution in [3.8, 4) is 0 Å². The second-order valence-corrected chi connectivity index (χ2v) is 3.72. The van der Waals surface area contributed by atoms with E-state index >= 15 is 0 Å². The van der Waals surface area contributed by atoms with Crippen molar-refractivity contribution >= 4 is 17.4 Å². The Hall–Kier alpha value is -0.830. The highest BCUT2D eigenvalue weighted by Gasteiger charge is 1.96. The van der Waals surface area contributed by atoms with Crippen molar-refractivity contribution in [3.63, 3.8) is 0 Å². The van der Waals surface area contributed by atoms with E-state index in [1.54, 1.807) is 6.07 Å². The number of rotatable bonds is 4. The van der Waals surface area contributed by atoms with Gasteiger partial charge in [-0.15, -0.1) is 0 Å². The summed E-state index contributed by atoms with van der Waals surface area (Å²) >= 11 is 5.70. The Bertz CT molecular complexity index is 263. The number of hydrogen-bond acceptors (Lipinski definition) is 3. The number of aromatic nitrogens is 2. The lowest BCUT2D eigenvalue weighted by molar-refractivity contribution is 0.606. The molecular weight excluding hydrogens is 186 g/mol. The van der Waals surface area contributed by atoms with Crippen LogP contribution in [0, 0.1) is 5.92 Å². The Kier molecular flexibility index (Phi) is 3.96. The van der Waals surface area contributed by atoms with Crippen LogP contribution in [0.15, 0.2) is 12.4 Å². The molecule has 1 N–H and O–H groups in total. The van der Waals surface area contributed by atoms with E-state index in [1.807, 2.05) is 0 Å². The third-order valence-electron chi connectivity index (χ3n) is 1.66. The highest BCUT2D eigenvalue weighted by molar-refractivity contribution is 6.29. The van der Waals surface area contributed by atoms with Crippen LogP contribution >= 0.6 is 11.6 Å².